The fraction of sp³-hybridized carbons (Fsp3) is 0.333. The second-order valence-corrected chi connectivity index (χ2v) is 5.03. The SMILES string of the molecule is O=C1CC(Cl)CN1c1ccc(I)c(F)n1. The maximum absolute atomic E-state index is 13.2. The molecule has 80 valence electrons. The van der Waals surface area contributed by atoms with Crippen LogP contribution in [0.5, 0.6) is 0 Å². The molecule has 1 aromatic rings. The molecule has 0 N–H and O–H groups in total. The number of hydrogen-bond acceptors (Lipinski definition) is 2. The van der Waals surface area contributed by atoms with E-state index in [1.165, 1.54) is 4.90 Å². The van der Waals surface area contributed by atoms with Gasteiger partial charge < -0.3 is 0 Å². The fourth-order valence-electron chi connectivity index (χ4n) is 1.44. The molecule has 6 heteroatoms. The quantitative estimate of drug-likeness (QED) is 0.446. The summed E-state index contributed by atoms with van der Waals surface area (Å²) < 4.78 is 13.6. The van der Waals surface area contributed by atoms with E-state index < -0.39 is 5.95 Å². The molecule has 0 aliphatic carbocycles. The van der Waals surface area contributed by atoms with Gasteiger partial charge in [-0.2, -0.15) is 4.39 Å². The minimum Gasteiger partial charge on any atom is -0.295 e. The molecule has 2 rings (SSSR count). The van der Waals surface area contributed by atoms with Crippen molar-refractivity contribution < 1.29 is 9.18 Å². The van der Waals surface area contributed by atoms with Gasteiger partial charge in [0.25, 0.3) is 0 Å². The zero-order valence-corrected chi connectivity index (χ0v) is 10.5. The molecule has 1 aliphatic rings. The average Bonchev–Trinajstić information content (AvgIpc) is 2.50. The third-order valence-corrected chi connectivity index (χ3v) is 3.24. The number of pyridine rings is 1. The van der Waals surface area contributed by atoms with Gasteiger partial charge in [-0.1, -0.05) is 0 Å². The molecular formula is C9H7ClFIN2O. The number of rotatable bonds is 1. The monoisotopic (exact) mass is 340 g/mol. The summed E-state index contributed by atoms with van der Waals surface area (Å²) in [5.74, 6) is -0.330. The Kier molecular flexibility index (Phi) is 3.11. The average molecular weight is 341 g/mol. The zero-order valence-electron chi connectivity index (χ0n) is 7.58. The number of nitrogens with zero attached hydrogens (tertiary/aromatic N) is 2. The number of amides is 1. The third-order valence-electron chi connectivity index (χ3n) is 2.14. The van der Waals surface area contributed by atoms with Crippen molar-refractivity contribution in [2.24, 2.45) is 0 Å². The number of anilines is 1. The number of alkyl halides is 1. The van der Waals surface area contributed by atoms with E-state index in [0.717, 1.165) is 0 Å². The van der Waals surface area contributed by atoms with Crippen molar-refractivity contribution in [2.75, 3.05) is 11.4 Å². The van der Waals surface area contributed by atoms with Gasteiger partial charge in [-0.3, -0.25) is 9.69 Å². The minimum absolute atomic E-state index is 0.108. The molecule has 1 aromatic heterocycles. The highest BCUT2D eigenvalue weighted by molar-refractivity contribution is 14.1. The molecule has 1 fully saturated rings. The lowest BCUT2D eigenvalue weighted by Gasteiger charge is -2.14. The van der Waals surface area contributed by atoms with Crippen LogP contribution in [0.3, 0.4) is 0 Å². The normalized spacial score (nSPS) is 21.1. The Bertz CT molecular complexity index is 415. The predicted octanol–water partition coefficient (Wildman–Crippen LogP) is 2.17. The van der Waals surface area contributed by atoms with Gasteiger partial charge in [-0.25, -0.2) is 4.98 Å². The third kappa shape index (κ3) is 2.23. The number of halogens is 3. The summed E-state index contributed by atoms with van der Waals surface area (Å²) in [6, 6.07) is 3.21. The molecule has 15 heavy (non-hydrogen) atoms. The summed E-state index contributed by atoms with van der Waals surface area (Å²) in [5.41, 5.74) is 0. The first-order valence-electron chi connectivity index (χ1n) is 4.34. The van der Waals surface area contributed by atoms with Crippen LogP contribution in [0, 0.1) is 9.52 Å². The lowest BCUT2D eigenvalue weighted by atomic mass is 10.4. The Morgan fingerprint density at radius 1 is 1.60 bits per heavy atom. The van der Waals surface area contributed by atoms with E-state index in [0.29, 0.717) is 15.9 Å². The summed E-state index contributed by atoms with van der Waals surface area (Å²) in [6.45, 7) is 0.396. The smallest absolute Gasteiger partial charge is 0.229 e. The highest BCUT2D eigenvalue weighted by atomic mass is 127. The Morgan fingerprint density at radius 3 is 2.87 bits per heavy atom. The number of hydrogen-bond donors (Lipinski definition) is 0. The van der Waals surface area contributed by atoms with Gasteiger partial charge in [0.2, 0.25) is 11.9 Å². The van der Waals surface area contributed by atoms with Gasteiger partial charge in [-0.05, 0) is 34.7 Å². The standard InChI is InChI=1S/C9H7ClFIN2O/c10-5-3-8(15)14(4-5)7-2-1-6(12)9(11)13-7/h1-2,5H,3-4H2. The van der Waals surface area contributed by atoms with Crippen molar-refractivity contribution in [1.82, 2.24) is 4.98 Å². The highest BCUT2D eigenvalue weighted by Gasteiger charge is 2.30. The molecule has 0 aromatic carbocycles. The number of carbonyl (C=O) groups excluding carboxylic acids is 1. The van der Waals surface area contributed by atoms with Crippen molar-refractivity contribution in [1.29, 1.82) is 0 Å². The number of carbonyl (C=O) groups is 1. The van der Waals surface area contributed by atoms with Gasteiger partial charge in [0.15, 0.2) is 0 Å². The largest absolute Gasteiger partial charge is 0.295 e. The van der Waals surface area contributed by atoms with Crippen LogP contribution in [0.15, 0.2) is 12.1 Å². The van der Waals surface area contributed by atoms with Crippen LogP contribution < -0.4 is 4.90 Å². The Morgan fingerprint density at radius 2 is 2.33 bits per heavy atom. The molecule has 0 saturated carbocycles. The van der Waals surface area contributed by atoms with E-state index in [2.05, 4.69) is 4.98 Å². The van der Waals surface area contributed by atoms with Crippen LogP contribution in [0.1, 0.15) is 6.42 Å². The molecule has 3 nitrogen and oxygen atoms in total. The highest BCUT2D eigenvalue weighted by Crippen LogP contribution is 2.23. The van der Waals surface area contributed by atoms with Crippen molar-refractivity contribution in [3.8, 4) is 0 Å². The fourth-order valence-corrected chi connectivity index (χ4v) is 2.01. The lowest BCUT2D eigenvalue weighted by Crippen LogP contribution is -2.25. The summed E-state index contributed by atoms with van der Waals surface area (Å²) in [4.78, 5) is 16.6. The first kappa shape index (κ1) is 11.1. The van der Waals surface area contributed by atoms with Gasteiger partial charge in [-0.15, -0.1) is 11.6 Å². The van der Waals surface area contributed by atoms with Crippen LogP contribution in [0.2, 0.25) is 0 Å². The van der Waals surface area contributed by atoms with Gasteiger partial charge in [0, 0.05) is 13.0 Å². The zero-order chi connectivity index (χ0) is 11.0. The van der Waals surface area contributed by atoms with Gasteiger partial charge >= 0.3 is 0 Å². The summed E-state index contributed by atoms with van der Waals surface area (Å²) >= 11 is 7.68. The first-order chi connectivity index (χ1) is 7.08. The van der Waals surface area contributed by atoms with Crippen LogP contribution in [-0.4, -0.2) is 22.8 Å². The summed E-state index contributed by atoms with van der Waals surface area (Å²) in [6.07, 6.45) is 0.289. The Balaban J connectivity index is 2.30. The predicted molar refractivity (Wildman–Crippen MR) is 63.5 cm³/mol. The van der Waals surface area contributed by atoms with Gasteiger partial charge in [0.05, 0.1) is 8.95 Å². The van der Waals surface area contributed by atoms with Crippen molar-refractivity contribution >= 4 is 45.9 Å². The van der Waals surface area contributed by atoms with Crippen LogP contribution in [-0.2, 0) is 4.79 Å². The molecular weight excluding hydrogens is 333 g/mol. The van der Waals surface area contributed by atoms with E-state index in [1.807, 2.05) is 22.6 Å². The van der Waals surface area contributed by atoms with Crippen molar-refractivity contribution in [2.45, 2.75) is 11.8 Å². The molecule has 1 amide bonds. The van der Waals surface area contributed by atoms with E-state index in [1.54, 1.807) is 12.1 Å². The lowest BCUT2D eigenvalue weighted by molar-refractivity contribution is -0.117. The van der Waals surface area contributed by atoms with Crippen LogP contribution in [0.25, 0.3) is 0 Å². The summed E-state index contributed by atoms with van der Waals surface area (Å²) in [7, 11) is 0. The second kappa shape index (κ2) is 4.21. The minimum atomic E-state index is -0.557. The van der Waals surface area contributed by atoms with E-state index >= 15 is 0 Å². The van der Waals surface area contributed by atoms with Crippen molar-refractivity contribution in [3.05, 3.63) is 21.7 Å². The Labute approximate surface area is 105 Å². The summed E-state index contributed by atoms with van der Waals surface area (Å²) in [5, 5.41) is -0.207. The maximum Gasteiger partial charge on any atom is 0.229 e. The molecule has 0 bridgehead atoms. The topological polar surface area (TPSA) is 33.2 Å². The molecule has 1 unspecified atom stereocenters. The Hall–Kier alpha value is -0.430. The van der Waals surface area contributed by atoms with Gasteiger partial charge in [0.1, 0.15) is 5.82 Å². The maximum atomic E-state index is 13.2. The van der Waals surface area contributed by atoms with Crippen molar-refractivity contribution in [3.63, 3.8) is 0 Å². The van der Waals surface area contributed by atoms with Crippen LogP contribution in [0.4, 0.5) is 10.2 Å². The second-order valence-electron chi connectivity index (χ2n) is 3.25. The number of aromatic nitrogens is 1. The molecule has 1 aliphatic heterocycles. The molecule has 0 spiro atoms. The molecule has 1 atom stereocenters. The molecule has 1 saturated heterocycles. The first-order valence-corrected chi connectivity index (χ1v) is 5.86. The molecule has 2 heterocycles. The van der Waals surface area contributed by atoms with E-state index in [-0.39, 0.29) is 17.7 Å². The van der Waals surface area contributed by atoms with E-state index in [9.17, 15) is 9.18 Å². The van der Waals surface area contributed by atoms with E-state index in [4.69, 9.17) is 11.6 Å². The molecule has 0 radical (unpaired) electrons. The van der Waals surface area contributed by atoms with Crippen LogP contribution >= 0.6 is 34.2 Å².